The molecule has 2 aromatic rings. The van der Waals surface area contributed by atoms with Gasteiger partial charge in [0.2, 0.25) is 0 Å². The fourth-order valence-electron chi connectivity index (χ4n) is 1.21. The van der Waals surface area contributed by atoms with Gasteiger partial charge in [-0.15, -0.1) is 0 Å². The maximum atomic E-state index is 13.1. The first-order chi connectivity index (χ1) is 6.16. The molecule has 0 bridgehead atoms. The van der Waals surface area contributed by atoms with Crippen molar-refractivity contribution in [3.05, 3.63) is 41.7 Å². The first-order valence-electron chi connectivity index (χ1n) is 3.80. The summed E-state index contributed by atoms with van der Waals surface area (Å²) < 4.78 is 25.8. The molecule has 1 radical (unpaired) electrons. The fraction of sp³-hybridized carbons (Fsp3) is 0.100. The molecule has 0 aliphatic heterocycles. The number of aryl methyl sites for hydroxylation is 1. The summed E-state index contributed by atoms with van der Waals surface area (Å²) in [5.74, 6) is -1.28. The molecule has 2 rings (SSSR count). The Morgan fingerprint density at radius 3 is 2.85 bits per heavy atom. The Kier molecular flexibility index (Phi) is 1.72. The fourth-order valence-corrected chi connectivity index (χ4v) is 1.21. The number of aromatic nitrogens is 1. The largest absolute Gasteiger partial charge is 0.261 e. The molecule has 65 valence electrons. The van der Waals surface area contributed by atoms with Crippen molar-refractivity contribution >= 4 is 10.8 Å². The van der Waals surface area contributed by atoms with Crippen molar-refractivity contribution in [2.45, 2.75) is 6.92 Å². The van der Waals surface area contributed by atoms with Gasteiger partial charge in [0.1, 0.15) is 11.6 Å². The molecule has 0 aliphatic carbocycles. The lowest BCUT2D eigenvalue weighted by Crippen LogP contribution is -1.87. The number of fused-ring (bicyclic) bond motifs is 1. The van der Waals surface area contributed by atoms with Crippen LogP contribution in [0.25, 0.3) is 10.8 Å². The molecule has 0 saturated heterocycles. The first kappa shape index (κ1) is 8.10. The minimum atomic E-state index is -0.685. The summed E-state index contributed by atoms with van der Waals surface area (Å²) in [5, 5.41) is 0.719. The molecule has 0 amide bonds. The lowest BCUT2D eigenvalue weighted by molar-refractivity contribution is 0.590. The van der Waals surface area contributed by atoms with Crippen LogP contribution in [0.5, 0.6) is 0 Å². The highest BCUT2D eigenvalue weighted by Crippen LogP contribution is 2.18. The highest BCUT2D eigenvalue weighted by molar-refractivity contribution is 5.81. The third-order valence-electron chi connectivity index (χ3n) is 1.81. The van der Waals surface area contributed by atoms with Crippen LogP contribution in [0.2, 0.25) is 0 Å². The Hall–Kier alpha value is -1.51. The quantitative estimate of drug-likeness (QED) is 0.604. The van der Waals surface area contributed by atoms with E-state index in [0.29, 0.717) is 16.5 Å². The lowest BCUT2D eigenvalue weighted by atomic mass is 10.1. The monoisotopic (exact) mass is 178 g/mol. The number of hydrogen-bond donors (Lipinski definition) is 0. The molecular formula is C10H6F2N. The van der Waals surface area contributed by atoms with Crippen molar-refractivity contribution in [3.63, 3.8) is 0 Å². The zero-order chi connectivity index (χ0) is 9.42. The topological polar surface area (TPSA) is 12.9 Å². The van der Waals surface area contributed by atoms with E-state index < -0.39 is 11.6 Å². The van der Waals surface area contributed by atoms with Gasteiger partial charge in [-0.05, 0) is 18.4 Å². The molecule has 0 atom stereocenters. The van der Waals surface area contributed by atoms with Gasteiger partial charge in [-0.3, -0.25) is 4.98 Å². The van der Waals surface area contributed by atoms with Gasteiger partial charge in [-0.2, -0.15) is 0 Å². The Morgan fingerprint density at radius 1 is 1.31 bits per heavy atom. The minimum Gasteiger partial charge on any atom is -0.261 e. The van der Waals surface area contributed by atoms with Crippen LogP contribution in [0.3, 0.4) is 0 Å². The van der Waals surface area contributed by atoms with Crippen molar-refractivity contribution < 1.29 is 8.78 Å². The summed E-state index contributed by atoms with van der Waals surface area (Å²) in [7, 11) is 0. The predicted octanol–water partition coefficient (Wildman–Crippen LogP) is 2.62. The van der Waals surface area contributed by atoms with Crippen LogP contribution in [0, 0.1) is 24.6 Å². The van der Waals surface area contributed by atoms with Crippen LogP contribution >= 0.6 is 0 Å². The van der Waals surface area contributed by atoms with Crippen LogP contribution < -0.4 is 0 Å². The van der Waals surface area contributed by atoms with Gasteiger partial charge in [0.05, 0.1) is 0 Å². The Balaban J connectivity index is 2.86. The van der Waals surface area contributed by atoms with Crippen LogP contribution in [-0.4, -0.2) is 4.98 Å². The van der Waals surface area contributed by atoms with Gasteiger partial charge in [-0.1, -0.05) is 0 Å². The number of nitrogens with zero attached hydrogens (tertiary/aromatic N) is 1. The summed E-state index contributed by atoms with van der Waals surface area (Å²) in [6, 6.07) is 4.83. The number of benzene rings is 1. The smallest absolute Gasteiger partial charge is 0.135 e. The summed E-state index contributed by atoms with van der Waals surface area (Å²) in [6.45, 7) is 1.76. The average molecular weight is 178 g/mol. The SMILES string of the molecule is Cc1cc2[c]c(F)cc(F)c2cn1. The Labute approximate surface area is 74.0 Å². The van der Waals surface area contributed by atoms with Crippen molar-refractivity contribution in [1.82, 2.24) is 4.98 Å². The van der Waals surface area contributed by atoms with Crippen LogP contribution in [0.1, 0.15) is 5.69 Å². The van der Waals surface area contributed by atoms with E-state index in [-0.39, 0.29) is 0 Å². The number of halogens is 2. The van der Waals surface area contributed by atoms with Crippen LogP contribution in [0.15, 0.2) is 18.3 Å². The number of rotatable bonds is 0. The summed E-state index contributed by atoms with van der Waals surface area (Å²) in [5.41, 5.74) is 0.716. The van der Waals surface area contributed by atoms with Gasteiger partial charge in [0, 0.05) is 29.4 Å². The second-order valence-corrected chi connectivity index (χ2v) is 2.84. The van der Waals surface area contributed by atoms with Gasteiger partial charge in [0.15, 0.2) is 0 Å². The summed E-state index contributed by atoms with van der Waals surface area (Å²) in [6.07, 6.45) is 1.38. The molecule has 0 spiro atoms. The van der Waals surface area contributed by atoms with E-state index in [4.69, 9.17) is 0 Å². The predicted molar refractivity (Wildman–Crippen MR) is 45.2 cm³/mol. The average Bonchev–Trinajstić information content (AvgIpc) is 2.02. The maximum Gasteiger partial charge on any atom is 0.135 e. The second-order valence-electron chi connectivity index (χ2n) is 2.84. The van der Waals surface area contributed by atoms with Gasteiger partial charge in [0.25, 0.3) is 0 Å². The highest BCUT2D eigenvalue weighted by atomic mass is 19.1. The Morgan fingerprint density at radius 2 is 2.08 bits per heavy atom. The number of pyridine rings is 1. The normalized spacial score (nSPS) is 10.7. The van der Waals surface area contributed by atoms with E-state index in [9.17, 15) is 8.78 Å². The highest BCUT2D eigenvalue weighted by Gasteiger charge is 2.04. The van der Waals surface area contributed by atoms with E-state index in [1.54, 1.807) is 13.0 Å². The van der Waals surface area contributed by atoms with Crippen molar-refractivity contribution in [2.75, 3.05) is 0 Å². The molecule has 0 N–H and O–H groups in total. The number of hydrogen-bond acceptors (Lipinski definition) is 1. The molecule has 0 aliphatic rings. The molecule has 0 fully saturated rings. The minimum absolute atomic E-state index is 0.298. The Bertz CT molecular complexity index is 460. The van der Waals surface area contributed by atoms with Crippen molar-refractivity contribution in [1.29, 1.82) is 0 Å². The van der Waals surface area contributed by atoms with Crippen molar-refractivity contribution in [3.8, 4) is 0 Å². The van der Waals surface area contributed by atoms with E-state index >= 15 is 0 Å². The maximum absolute atomic E-state index is 13.1. The zero-order valence-corrected chi connectivity index (χ0v) is 6.94. The molecule has 1 aromatic heterocycles. The standard InChI is InChI=1S/C10H6F2N/c1-6-2-7-3-8(11)4-10(12)9(7)5-13-6/h2,4-5H,1H3. The molecular weight excluding hydrogens is 172 g/mol. The molecule has 0 unspecified atom stereocenters. The lowest BCUT2D eigenvalue weighted by Gasteiger charge is -1.99. The molecule has 0 saturated carbocycles. The third kappa shape index (κ3) is 1.37. The summed E-state index contributed by atoms with van der Waals surface area (Å²) >= 11 is 0. The second kappa shape index (κ2) is 2.76. The van der Waals surface area contributed by atoms with Crippen LogP contribution in [-0.2, 0) is 0 Å². The molecule has 1 aromatic carbocycles. The molecule has 3 heteroatoms. The van der Waals surface area contributed by atoms with Gasteiger partial charge in [-0.25, -0.2) is 8.78 Å². The van der Waals surface area contributed by atoms with Gasteiger partial charge < -0.3 is 0 Å². The van der Waals surface area contributed by atoms with E-state index in [2.05, 4.69) is 11.1 Å². The molecule has 1 heterocycles. The van der Waals surface area contributed by atoms with E-state index in [1.165, 1.54) is 6.20 Å². The molecule has 13 heavy (non-hydrogen) atoms. The summed E-state index contributed by atoms with van der Waals surface area (Å²) in [4.78, 5) is 3.92. The van der Waals surface area contributed by atoms with Crippen molar-refractivity contribution in [2.24, 2.45) is 0 Å². The van der Waals surface area contributed by atoms with E-state index in [1.807, 2.05) is 0 Å². The van der Waals surface area contributed by atoms with Gasteiger partial charge >= 0.3 is 0 Å². The van der Waals surface area contributed by atoms with Crippen LogP contribution in [0.4, 0.5) is 8.78 Å². The third-order valence-corrected chi connectivity index (χ3v) is 1.81. The zero-order valence-electron chi connectivity index (χ0n) is 6.94. The first-order valence-corrected chi connectivity index (χ1v) is 3.80. The van der Waals surface area contributed by atoms with E-state index in [0.717, 1.165) is 6.07 Å². The molecule has 1 nitrogen and oxygen atoms in total.